The van der Waals surface area contributed by atoms with E-state index in [-0.39, 0.29) is 17.9 Å². The molecule has 21 heavy (non-hydrogen) atoms. The lowest BCUT2D eigenvalue weighted by Crippen LogP contribution is -2.43. The first-order valence-corrected chi connectivity index (χ1v) is 6.49. The fraction of sp³-hybridized carbons (Fsp3) is 0.571. The summed E-state index contributed by atoms with van der Waals surface area (Å²) in [5, 5.41) is 2.47. The Morgan fingerprint density at radius 3 is 2.33 bits per heavy atom. The molecule has 0 amide bonds. The van der Waals surface area contributed by atoms with Gasteiger partial charge in [0.25, 0.3) is 0 Å². The smallest absolute Gasteiger partial charge is 0.326 e. The lowest BCUT2D eigenvalue weighted by atomic mass is 9.99. The van der Waals surface area contributed by atoms with Crippen LogP contribution in [0.2, 0.25) is 0 Å². The highest BCUT2D eigenvalue weighted by atomic mass is 19.3. The monoisotopic (exact) mass is 309 g/mol. The van der Waals surface area contributed by atoms with Crippen molar-refractivity contribution in [3.05, 3.63) is 23.8 Å². The molecule has 0 radical (unpaired) electrons. The van der Waals surface area contributed by atoms with Crippen LogP contribution in [0.15, 0.2) is 18.2 Å². The number of hydrogen-bond acceptors (Lipinski definition) is 3. The summed E-state index contributed by atoms with van der Waals surface area (Å²) in [6.07, 6.45) is -3.24. The maximum Gasteiger partial charge on any atom is 0.326 e. The van der Waals surface area contributed by atoms with Crippen LogP contribution in [0, 0.1) is 0 Å². The number of benzene rings is 1. The van der Waals surface area contributed by atoms with Gasteiger partial charge in [-0.1, -0.05) is 6.92 Å². The maximum absolute atomic E-state index is 13.8. The Balaban J connectivity index is 3.25. The maximum atomic E-state index is 13.8. The zero-order valence-electron chi connectivity index (χ0n) is 12.1. The molecule has 1 N–H and O–H groups in total. The molecule has 0 fully saturated rings. The summed E-state index contributed by atoms with van der Waals surface area (Å²) in [4.78, 5) is 0. The average molecular weight is 309 g/mol. The van der Waals surface area contributed by atoms with Crippen LogP contribution in [-0.4, -0.2) is 33.1 Å². The second-order valence-corrected chi connectivity index (χ2v) is 4.47. The Morgan fingerprint density at radius 2 is 1.86 bits per heavy atom. The quantitative estimate of drug-likeness (QED) is 0.744. The van der Waals surface area contributed by atoms with Gasteiger partial charge in [-0.25, -0.2) is 8.78 Å². The molecule has 1 aromatic carbocycles. The van der Waals surface area contributed by atoms with E-state index in [9.17, 15) is 17.6 Å². The van der Waals surface area contributed by atoms with Crippen molar-refractivity contribution in [1.29, 1.82) is 0 Å². The fourth-order valence-corrected chi connectivity index (χ4v) is 1.92. The van der Waals surface area contributed by atoms with Gasteiger partial charge in [-0.15, -0.1) is 0 Å². The first-order chi connectivity index (χ1) is 9.88. The first kappa shape index (κ1) is 17.6. The largest absolute Gasteiger partial charge is 0.497 e. The molecule has 120 valence electrons. The van der Waals surface area contributed by atoms with E-state index in [1.807, 2.05) is 0 Å². The number of nitrogens with one attached hydrogen (secondary N) is 1. The van der Waals surface area contributed by atoms with Gasteiger partial charge in [-0.2, -0.15) is 8.78 Å². The van der Waals surface area contributed by atoms with Crippen molar-refractivity contribution in [2.75, 3.05) is 20.8 Å². The zero-order valence-corrected chi connectivity index (χ0v) is 12.1. The molecule has 1 atom stereocenters. The van der Waals surface area contributed by atoms with Gasteiger partial charge in [-0.3, -0.25) is 0 Å². The van der Waals surface area contributed by atoms with E-state index < -0.39 is 18.4 Å². The summed E-state index contributed by atoms with van der Waals surface area (Å²) in [6.45, 7) is 1.94. The number of hydrogen-bond donors (Lipinski definition) is 1. The predicted molar refractivity (Wildman–Crippen MR) is 71.5 cm³/mol. The van der Waals surface area contributed by atoms with Crippen LogP contribution in [0.3, 0.4) is 0 Å². The van der Waals surface area contributed by atoms with Gasteiger partial charge >= 0.3 is 12.3 Å². The van der Waals surface area contributed by atoms with E-state index in [2.05, 4.69) is 5.32 Å². The molecule has 0 aromatic heterocycles. The van der Waals surface area contributed by atoms with Gasteiger partial charge in [0.15, 0.2) is 0 Å². The third-order valence-electron chi connectivity index (χ3n) is 3.03. The second-order valence-electron chi connectivity index (χ2n) is 4.47. The van der Waals surface area contributed by atoms with Crippen LogP contribution in [0.1, 0.15) is 24.9 Å². The van der Waals surface area contributed by atoms with Crippen molar-refractivity contribution in [3.63, 3.8) is 0 Å². The normalized spacial score (nSPS) is 13.3. The number of rotatable bonds is 8. The van der Waals surface area contributed by atoms with Gasteiger partial charge in [0.05, 0.1) is 14.2 Å². The third kappa shape index (κ3) is 4.00. The molecular formula is C14H19F4NO2. The van der Waals surface area contributed by atoms with Gasteiger partial charge in [-0.05, 0) is 25.1 Å². The lowest BCUT2D eigenvalue weighted by Gasteiger charge is -2.28. The Hall–Kier alpha value is -1.50. The van der Waals surface area contributed by atoms with Crippen molar-refractivity contribution in [2.24, 2.45) is 0 Å². The number of methoxy groups -OCH3 is 2. The van der Waals surface area contributed by atoms with Gasteiger partial charge in [0.1, 0.15) is 17.5 Å². The summed E-state index contributed by atoms with van der Waals surface area (Å²) >= 11 is 0. The van der Waals surface area contributed by atoms with Crippen LogP contribution in [0.25, 0.3) is 0 Å². The summed E-state index contributed by atoms with van der Waals surface area (Å²) in [5.74, 6) is -3.75. The summed E-state index contributed by atoms with van der Waals surface area (Å²) in [5.41, 5.74) is -0.0305. The molecule has 1 aromatic rings. The lowest BCUT2D eigenvalue weighted by molar-refractivity contribution is -0.151. The molecule has 0 saturated carbocycles. The highest BCUT2D eigenvalue weighted by molar-refractivity contribution is 5.43. The van der Waals surface area contributed by atoms with Crippen LogP contribution < -0.4 is 14.8 Å². The van der Waals surface area contributed by atoms with Crippen molar-refractivity contribution < 1.29 is 27.0 Å². The van der Waals surface area contributed by atoms with Gasteiger partial charge < -0.3 is 14.8 Å². The van der Waals surface area contributed by atoms with Crippen molar-refractivity contribution in [2.45, 2.75) is 31.7 Å². The second kappa shape index (κ2) is 7.49. The summed E-state index contributed by atoms with van der Waals surface area (Å²) in [7, 11) is 2.70. The van der Waals surface area contributed by atoms with Crippen molar-refractivity contribution in [1.82, 2.24) is 5.32 Å². The van der Waals surface area contributed by atoms with Gasteiger partial charge in [0, 0.05) is 11.6 Å². The molecule has 0 aliphatic rings. The molecule has 3 nitrogen and oxygen atoms in total. The molecule has 0 bridgehead atoms. The Labute approximate surface area is 121 Å². The standard InChI is InChI=1S/C14H19F4NO2/c1-4-7-19-12(14(17,18)13(15)16)10-6-5-9(20-2)8-11(10)21-3/h5-6,8,12-13,19H,4,7H2,1-3H3. The predicted octanol–water partition coefficient (Wildman–Crippen LogP) is 3.64. The van der Waals surface area contributed by atoms with Gasteiger partial charge in [0.2, 0.25) is 0 Å². The van der Waals surface area contributed by atoms with E-state index >= 15 is 0 Å². The van der Waals surface area contributed by atoms with Crippen LogP contribution in [-0.2, 0) is 0 Å². The van der Waals surface area contributed by atoms with Crippen LogP contribution in [0.5, 0.6) is 11.5 Å². The number of alkyl halides is 4. The van der Waals surface area contributed by atoms with Crippen LogP contribution >= 0.6 is 0 Å². The van der Waals surface area contributed by atoms with E-state index in [0.29, 0.717) is 12.2 Å². The molecule has 0 spiro atoms. The Morgan fingerprint density at radius 1 is 1.19 bits per heavy atom. The Bertz CT molecular complexity index is 455. The molecule has 0 saturated heterocycles. The minimum absolute atomic E-state index is 0.0305. The fourth-order valence-electron chi connectivity index (χ4n) is 1.92. The highest BCUT2D eigenvalue weighted by Crippen LogP contribution is 2.41. The van der Waals surface area contributed by atoms with Crippen molar-refractivity contribution >= 4 is 0 Å². The number of halogens is 4. The van der Waals surface area contributed by atoms with E-state index in [1.54, 1.807) is 6.92 Å². The average Bonchev–Trinajstić information content (AvgIpc) is 2.47. The molecular weight excluding hydrogens is 290 g/mol. The first-order valence-electron chi connectivity index (χ1n) is 6.49. The summed E-state index contributed by atoms with van der Waals surface area (Å²) in [6, 6.07) is 2.29. The molecule has 0 aliphatic heterocycles. The molecule has 0 aliphatic carbocycles. The molecule has 1 unspecified atom stereocenters. The molecule has 1 rings (SSSR count). The minimum Gasteiger partial charge on any atom is -0.497 e. The number of ether oxygens (including phenoxy) is 2. The highest BCUT2D eigenvalue weighted by Gasteiger charge is 2.50. The van der Waals surface area contributed by atoms with Crippen molar-refractivity contribution in [3.8, 4) is 11.5 Å². The topological polar surface area (TPSA) is 30.5 Å². The van der Waals surface area contributed by atoms with E-state index in [1.165, 1.54) is 32.4 Å². The van der Waals surface area contributed by atoms with Crippen LogP contribution in [0.4, 0.5) is 17.6 Å². The SMILES string of the molecule is CCCNC(c1ccc(OC)cc1OC)C(F)(F)C(F)F. The zero-order chi connectivity index (χ0) is 16.0. The molecule has 0 heterocycles. The Kier molecular flexibility index (Phi) is 6.26. The van der Waals surface area contributed by atoms with E-state index in [0.717, 1.165) is 0 Å². The van der Waals surface area contributed by atoms with E-state index in [4.69, 9.17) is 9.47 Å². The minimum atomic E-state index is -4.21. The molecule has 7 heteroatoms. The summed E-state index contributed by atoms with van der Waals surface area (Å²) < 4.78 is 63.0. The third-order valence-corrected chi connectivity index (χ3v) is 3.03.